The number of likely N-dealkylation sites (N-methyl/N-ethyl adjacent to an activating group) is 1. The number of nitrogen functional groups attached to an aromatic ring is 1. The van der Waals surface area contributed by atoms with Crippen molar-refractivity contribution >= 4 is 17.3 Å². The molecule has 1 amide bonds. The van der Waals surface area contributed by atoms with Crippen molar-refractivity contribution in [2.75, 3.05) is 31.2 Å². The maximum atomic E-state index is 11.7. The van der Waals surface area contributed by atoms with Gasteiger partial charge in [0.25, 0.3) is 0 Å². The average Bonchev–Trinajstić information content (AvgIpc) is 2.28. The summed E-state index contributed by atoms with van der Waals surface area (Å²) in [6.45, 7) is 2.65. The molecule has 0 radical (unpaired) electrons. The second-order valence-electron chi connectivity index (χ2n) is 4.40. The van der Waals surface area contributed by atoms with E-state index in [2.05, 4.69) is 11.4 Å². The molecule has 0 saturated heterocycles. The van der Waals surface area contributed by atoms with Crippen LogP contribution in [-0.4, -0.2) is 30.9 Å². The Balaban J connectivity index is 2.45. The number of benzene rings is 1. The number of amides is 1. The van der Waals surface area contributed by atoms with Crippen LogP contribution >= 0.6 is 0 Å². The fraction of sp³-hybridized carbons (Fsp3) is 0.385. The van der Waals surface area contributed by atoms with Gasteiger partial charge in [0.05, 0.1) is 18.5 Å². The summed E-state index contributed by atoms with van der Waals surface area (Å²) in [7, 11) is 1.81. The minimum absolute atomic E-state index is 0.0878. The Hall–Kier alpha value is -2.06. The molecule has 3 N–H and O–H groups in total. The van der Waals surface area contributed by atoms with E-state index in [4.69, 9.17) is 11.0 Å². The Labute approximate surface area is 107 Å². The van der Waals surface area contributed by atoms with E-state index in [1.807, 2.05) is 18.9 Å². The summed E-state index contributed by atoms with van der Waals surface area (Å²) in [5.41, 5.74) is 6.91. The van der Waals surface area contributed by atoms with E-state index in [-0.39, 0.29) is 18.4 Å². The molecule has 0 aliphatic heterocycles. The van der Waals surface area contributed by atoms with Crippen LogP contribution in [0.5, 0.6) is 0 Å². The Kier molecular flexibility index (Phi) is 5.15. The summed E-state index contributed by atoms with van der Waals surface area (Å²) in [4.78, 5) is 13.5. The van der Waals surface area contributed by atoms with Crippen molar-refractivity contribution in [1.82, 2.24) is 4.90 Å². The Morgan fingerprint density at radius 3 is 2.94 bits per heavy atom. The molecule has 0 aliphatic carbocycles. The van der Waals surface area contributed by atoms with Gasteiger partial charge in [-0.25, -0.2) is 0 Å². The van der Waals surface area contributed by atoms with Crippen molar-refractivity contribution < 1.29 is 4.79 Å². The molecule has 0 aromatic heterocycles. The molecule has 1 unspecified atom stereocenters. The number of carbonyl (C=O) groups excluding carboxylic acids is 1. The topological polar surface area (TPSA) is 82.2 Å². The van der Waals surface area contributed by atoms with E-state index in [1.165, 1.54) is 0 Å². The third-order valence-corrected chi connectivity index (χ3v) is 2.39. The van der Waals surface area contributed by atoms with Gasteiger partial charge in [-0.1, -0.05) is 6.07 Å². The highest BCUT2D eigenvalue weighted by atomic mass is 16.2. The Morgan fingerprint density at radius 1 is 1.61 bits per heavy atom. The fourth-order valence-corrected chi connectivity index (χ4v) is 1.63. The number of nitrogens with two attached hydrogens (primary N) is 1. The first-order chi connectivity index (χ1) is 8.51. The molecule has 1 aromatic rings. The normalized spacial score (nSPS) is 11.9. The van der Waals surface area contributed by atoms with Crippen LogP contribution in [0.15, 0.2) is 24.3 Å². The predicted octanol–water partition coefficient (Wildman–Crippen LogP) is 1.30. The van der Waals surface area contributed by atoms with Crippen LogP contribution in [0.4, 0.5) is 11.4 Å². The summed E-state index contributed by atoms with van der Waals surface area (Å²) < 4.78 is 0. The van der Waals surface area contributed by atoms with Crippen molar-refractivity contribution in [1.29, 1.82) is 5.26 Å². The van der Waals surface area contributed by atoms with Crippen LogP contribution in [0, 0.1) is 17.2 Å². The first-order valence-electron chi connectivity index (χ1n) is 5.75. The zero-order valence-corrected chi connectivity index (χ0v) is 10.7. The highest BCUT2D eigenvalue weighted by molar-refractivity contribution is 5.92. The van der Waals surface area contributed by atoms with Crippen LogP contribution in [0.1, 0.15) is 6.92 Å². The summed E-state index contributed by atoms with van der Waals surface area (Å²) in [5, 5.41) is 11.5. The summed E-state index contributed by atoms with van der Waals surface area (Å²) in [5.74, 6) is -0.205. The van der Waals surface area contributed by atoms with Gasteiger partial charge >= 0.3 is 0 Å². The number of hydrogen-bond donors (Lipinski definition) is 2. The summed E-state index contributed by atoms with van der Waals surface area (Å²) >= 11 is 0. The zero-order valence-electron chi connectivity index (χ0n) is 10.7. The van der Waals surface area contributed by atoms with E-state index < -0.39 is 0 Å². The lowest BCUT2D eigenvalue weighted by molar-refractivity contribution is -0.117. The number of nitrogens with one attached hydrogen (secondary N) is 1. The van der Waals surface area contributed by atoms with Crippen LogP contribution in [0.3, 0.4) is 0 Å². The van der Waals surface area contributed by atoms with Gasteiger partial charge in [0.2, 0.25) is 5.91 Å². The fourth-order valence-electron chi connectivity index (χ4n) is 1.63. The summed E-state index contributed by atoms with van der Waals surface area (Å²) in [6.07, 6.45) is 0. The minimum Gasteiger partial charge on any atom is -0.399 e. The van der Waals surface area contributed by atoms with Gasteiger partial charge in [-0.3, -0.25) is 9.69 Å². The molecular formula is C13H18N4O. The highest BCUT2D eigenvalue weighted by Crippen LogP contribution is 2.11. The predicted molar refractivity (Wildman–Crippen MR) is 71.8 cm³/mol. The monoisotopic (exact) mass is 246 g/mol. The molecule has 96 valence electrons. The molecule has 0 saturated carbocycles. The molecule has 5 nitrogen and oxygen atoms in total. The number of nitriles is 1. The van der Waals surface area contributed by atoms with E-state index in [1.54, 1.807) is 24.3 Å². The largest absolute Gasteiger partial charge is 0.399 e. The lowest BCUT2D eigenvalue weighted by Gasteiger charge is -2.17. The van der Waals surface area contributed by atoms with Crippen molar-refractivity contribution in [3.63, 3.8) is 0 Å². The Bertz CT molecular complexity index is 453. The van der Waals surface area contributed by atoms with Crippen molar-refractivity contribution in [2.45, 2.75) is 6.92 Å². The van der Waals surface area contributed by atoms with Crippen molar-refractivity contribution in [3.8, 4) is 6.07 Å². The molecule has 1 atom stereocenters. The van der Waals surface area contributed by atoms with Gasteiger partial charge < -0.3 is 11.1 Å². The molecule has 5 heteroatoms. The molecular weight excluding hydrogens is 228 g/mol. The first-order valence-corrected chi connectivity index (χ1v) is 5.75. The highest BCUT2D eigenvalue weighted by Gasteiger charge is 2.09. The molecule has 1 aromatic carbocycles. The van der Waals surface area contributed by atoms with Gasteiger partial charge in [-0.15, -0.1) is 0 Å². The second-order valence-corrected chi connectivity index (χ2v) is 4.40. The van der Waals surface area contributed by atoms with Crippen LogP contribution in [0.2, 0.25) is 0 Å². The smallest absolute Gasteiger partial charge is 0.238 e. The van der Waals surface area contributed by atoms with Crippen molar-refractivity contribution in [2.24, 2.45) is 5.92 Å². The lowest BCUT2D eigenvalue weighted by atomic mass is 10.2. The number of anilines is 2. The molecule has 0 bridgehead atoms. The summed E-state index contributed by atoms with van der Waals surface area (Å²) in [6, 6.07) is 9.17. The maximum Gasteiger partial charge on any atom is 0.238 e. The van der Waals surface area contributed by atoms with E-state index in [0.717, 1.165) is 0 Å². The molecule has 18 heavy (non-hydrogen) atoms. The van der Waals surface area contributed by atoms with E-state index >= 15 is 0 Å². The van der Waals surface area contributed by atoms with Crippen molar-refractivity contribution in [3.05, 3.63) is 24.3 Å². The molecule has 1 rings (SSSR count). The second kappa shape index (κ2) is 6.62. The number of nitrogens with zero attached hydrogens (tertiary/aromatic N) is 2. The zero-order chi connectivity index (χ0) is 13.5. The molecule has 0 aliphatic rings. The van der Waals surface area contributed by atoms with Gasteiger partial charge in [-0.05, 0) is 32.2 Å². The minimum atomic E-state index is -0.117. The first kappa shape index (κ1) is 14.0. The van der Waals surface area contributed by atoms with E-state index in [9.17, 15) is 4.79 Å². The molecule has 0 fully saturated rings. The van der Waals surface area contributed by atoms with Gasteiger partial charge in [0, 0.05) is 17.9 Å². The number of carbonyl (C=O) groups is 1. The standard InChI is InChI=1S/C13H18N4O/c1-10(7-14)8-17(2)9-13(18)16-12-5-3-4-11(15)6-12/h3-6,10H,8-9,15H2,1-2H3,(H,16,18). The maximum absolute atomic E-state index is 11.7. The molecule has 0 heterocycles. The Morgan fingerprint density at radius 2 is 2.33 bits per heavy atom. The third kappa shape index (κ3) is 4.85. The SMILES string of the molecule is CC(C#N)CN(C)CC(=O)Nc1cccc(N)c1. The van der Waals surface area contributed by atoms with Gasteiger partial charge in [-0.2, -0.15) is 5.26 Å². The van der Waals surface area contributed by atoms with Crippen LogP contribution in [0.25, 0.3) is 0 Å². The van der Waals surface area contributed by atoms with E-state index in [0.29, 0.717) is 17.9 Å². The third-order valence-electron chi connectivity index (χ3n) is 2.39. The average molecular weight is 246 g/mol. The van der Waals surface area contributed by atoms with Crippen LogP contribution in [-0.2, 0) is 4.79 Å². The van der Waals surface area contributed by atoms with Crippen LogP contribution < -0.4 is 11.1 Å². The lowest BCUT2D eigenvalue weighted by Crippen LogP contribution is -2.32. The van der Waals surface area contributed by atoms with Gasteiger partial charge in [0.15, 0.2) is 0 Å². The molecule has 0 spiro atoms. The van der Waals surface area contributed by atoms with Gasteiger partial charge in [0.1, 0.15) is 0 Å². The number of rotatable bonds is 5. The quantitative estimate of drug-likeness (QED) is 0.767. The number of hydrogen-bond acceptors (Lipinski definition) is 4.